The van der Waals surface area contributed by atoms with E-state index in [-0.39, 0.29) is 16.5 Å². The lowest BCUT2D eigenvalue weighted by molar-refractivity contribution is 0.756. The van der Waals surface area contributed by atoms with Gasteiger partial charge in [-0.05, 0) is 5.92 Å². The van der Waals surface area contributed by atoms with Crippen LogP contribution in [0.1, 0.15) is 25.5 Å². The van der Waals surface area contributed by atoms with Crippen LogP contribution in [0, 0.1) is 0 Å². The van der Waals surface area contributed by atoms with Crippen LogP contribution in [-0.2, 0) is 7.05 Å². The molecular weight excluding hydrogens is 176 g/mol. The van der Waals surface area contributed by atoms with Crippen LogP contribution in [0.3, 0.4) is 0 Å². The van der Waals surface area contributed by atoms with E-state index in [0.29, 0.717) is 5.69 Å². The maximum atomic E-state index is 11.3. The van der Waals surface area contributed by atoms with Gasteiger partial charge in [-0.3, -0.25) is 4.79 Å². The minimum atomic E-state index is -0.185. The maximum Gasteiger partial charge on any atom is 0.272 e. The van der Waals surface area contributed by atoms with Gasteiger partial charge in [0.2, 0.25) is 0 Å². The van der Waals surface area contributed by atoms with Crippen molar-refractivity contribution in [3.8, 4) is 0 Å². The van der Waals surface area contributed by atoms with Gasteiger partial charge in [-0.15, -0.1) is 0 Å². The minimum absolute atomic E-state index is 0.185. The van der Waals surface area contributed by atoms with E-state index in [9.17, 15) is 4.79 Å². The molecule has 0 spiro atoms. The maximum absolute atomic E-state index is 11.3. The number of aromatic nitrogens is 2. The molecule has 0 N–H and O–H groups in total. The quantitative estimate of drug-likeness (QED) is 0.667. The van der Waals surface area contributed by atoms with Gasteiger partial charge in [0.05, 0.1) is 12.0 Å². The second-order valence-corrected chi connectivity index (χ2v) is 3.39. The highest BCUT2D eigenvalue weighted by atomic mass is 35.5. The lowest BCUT2D eigenvalue weighted by Crippen LogP contribution is -2.19. The summed E-state index contributed by atoms with van der Waals surface area (Å²) in [6.45, 7) is 3.90. The fraction of sp³-hybridized carbons (Fsp3) is 0.500. The molecule has 1 aromatic rings. The molecule has 0 aliphatic carbocycles. The van der Waals surface area contributed by atoms with E-state index in [1.807, 2.05) is 13.8 Å². The zero-order chi connectivity index (χ0) is 9.30. The van der Waals surface area contributed by atoms with E-state index in [1.165, 1.54) is 10.9 Å². The zero-order valence-corrected chi connectivity index (χ0v) is 8.09. The van der Waals surface area contributed by atoms with Gasteiger partial charge in [0.15, 0.2) is 0 Å². The first-order valence-electron chi connectivity index (χ1n) is 3.75. The van der Waals surface area contributed by atoms with E-state index < -0.39 is 0 Å². The van der Waals surface area contributed by atoms with Crippen LogP contribution in [-0.4, -0.2) is 9.55 Å². The van der Waals surface area contributed by atoms with Crippen molar-refractivity contribution >= 4 is 11.6 Å². The minimum Gasteiger partial charge on any atom is -0.301 e. The lowest BCUT2D eigenvalue weighted by Gasteiger charge is -2.06. The molecule has 0 aliphatic rings. The van der Waals surface area contributed by atoms with Gasteiger partial charge in [0, 0.05) is 7.05 Å². The Morgan fingerprint density at radius 3 is 2.67 bits per heavy atom. The number of hydrogen-bond donors (Lipinski definition) is 0. The molecule has 1 rings (SSSR count). The van der Waals surface area contributed by atoms with Gasteiger partial charge < -0.3 is 4.57 Å². The molecule has 4 heteroatoms. The topological polar surface area (TPSA) is 34.9 Å². The number of nitrogens with zero attached hydrogens (tertiary/aromatic N) is 2. The van der Waals surface area contributed by atoms with E-state index in [2.05, 4.69) is 4.98 Å². The molecule has 0 radical (unpaired) electrons. The van der Waals surface area contributed by atoms with Crippen molar-refractivity contribution in [2.45, 2.75) is 19.8 Å². The van der Waals surface area contributed by atoms with Crippen LogP contribution >= 0.6 is 11.6 Å². The predicted octanol–water partition coefficient (Wildman–Crippen LogP) is 1.56. The number of halogens is 1. The number of hydrogen-bond acceptors (Lipinski definition) is 2. The Labute approximate surface area is 76.0 Å². The van der Waals surface area contributed by atoms with Crippen LogP contribution < -0.4 is 5.56 Å². The Hall–Kier alpha value is -0.830. The average Bonchev–Trinajstić information content (AvgIpc) is 2.00. The van der Waals surface area contributed by atoms with Gasteiger partial charge in [-0.1, -0.05) is 25.4 Å². The molecule has 1 heterocycles. The largest absolute Gasteiger partial charge is 0.301 e. The fourth-order valence-corrected chi connectivity index (χ4v) is 1.33. The Balaban J connectivity index is 3.37. The second kappa shape index (κ2) is 3.27. The van der Waals surface area contributed by atoms with Crippen molar-refractivity contribution in [1.29, 1.82) is 0 Å². The third kappa shape index (κ3) is 1.50. The summed E-state index contributed by atoms with van der Waals surface area (Å²) in [5.41, 5.74) is 0.482. The fourth-order valence-electron chi connectivity index (χ4n) is 0.925. The SMILES string of the molecule is CC(C)c1ncn(C)c(=O)c1Cl. The molecule has 0 aliphatic heterocycles. The van der Waals surface area contributed by atoms with Gasteiger partial charge >= 0.3 is 0 Å². The van der Waals surface area contributed by atoms with Crippen LogP contribution in [0.4, 0.5) is 0 Å². The highest BCUT2D eigenvalue weighted by Crippen LogP contribution is 2.16. The van der Waals surface area contributed by atoms with E-state index in [0.717, 1.165) is 0 Å². The van der Waals surface area contributed by atoms with Crippen LogP contribution in [0.25, 0.3) is 0 Å². The van der Waals surface area contributed by atoms with E-state index >= 15 is 0 Å². The van der Waals surface area contributed by atoms with E-state index in [1.54, 1.807) is 7.05 Å². The highest BCUT2D eigenvalue weighted by Gasteiger charge is 2.10. The Kier molecular flexibility index (Phi) is 2.52. The number of aryl methyl sites for hydroxylation is 1. The first-order chi connectivity index (χ1) is 5.54. The summed E-state index contributed by atoms with van der Waals surface area (Å²) in [4.78, 5) is 15.4. The number of rotatable bonds is 1. The summed E-state index contributed by atoms with van der Waals surface area (Å²) in [6.07, 6.45) is 1.49. The highest BCUT2D eigenvalue weighted by molar-refractivity contribution is 6.31. The first-order valence-corrected chi connectivity index (χ1v) is 4.13. The van der Waals surface area contributed by atoms with E-state index in [4.69, 9.17) is 11.6 Å². The van der Waals surface area contributed by atoms with Gasteiger partial charge in [0.25, 0.3) is 5.56 Å². The molecule has 0 bridgehead atoms. The normalized spacial score (nSPS) is 10.8. The van der Waals surface area contributed by atoms with Gasteiger partial charge in [-0.25, -0.2) is 4.98 Å². The van der Waals surface area contributed by atoms with Gasteiger partial charge in [-0.2, -0.15) is 0 Å². The molecule has 0 saturated carbocycles. The zero-order valence-electron chi connectivity index (χ0n) is 7.34. The third-order valence-corrected chi connectivity index (χ3v) is 2.01. The average molecular weight is 187 g/mol. The lowest BCUT2D eigenvalue weighted by atomic mass is 10.1. The monoisotopic (exact) mass is 186 g/mol. The first kappa shape index (κ1) is 9.26. The summed E-state index contributed by atoms with van der Waals surface area (Å²) in [7, 11) is 1.63. The molecule has 0 atom stereocenters. The van der Waals surface area contributed by atoms with Crippen LogP contribution in [0.2, 0.25) is 5.02 Å². The standard InChI is InChI=1S/C8H11ClN2O/c1-5(2)7-6(9)8(12)11(3)4-10-7/h4-5H,1-3H3. The molecule has 0 saturated heterocycles. The Morgan fingerprint density at radius 1 is 1.58 bits per heavy atom. The summed E-state index contributed by atoms with van der Waals surface area (Å²) < 4.78 is 1.37. The molecule has 0 fully saturated rings. The third-order valence-electron chi connectivity index (χ3n) is 1.65. The summed E-state index contributed by atoms with van der Waals surface area (Å²) in [5.74, 6) is 0.186. The Bertz CT molecular complexity index is 343. The summed E-state index contributed by atoms with van der Waals surface area (Å²) in [6, 6.07) is 0. The predicted molar refractivity (Wildman–Crippen MR) is 48.6 cm³/mol. The molecule has 0 aromatic carbocycles. The van der Waals surface area contributed by atoms with Crippen LogP contribution in [0.15, 0.2) is 11.1 Å². The molecule has 3 nitrogen and oxygen atoms in total. The molecular formula is C8H11ClN2O. The van der Waals surface area contributed by atoms with Crippen molar-refractivity contribution in [3.63, 3.8) is 0 Å². The molecule has 0 unspecified atom stereocenters. The van der Waals surface area contributed by atoms with Crippen molar-refractivity contribution in [1.82, 2.24) is 9.55 Å². The Morgan fingerprint density at radius 2 is 2.17 bits per heavy atom. The molecule has 12 heavy (non-hydrogen) atoms. The van der Waals surface area contributed by atoms with Crippen molar-refractivity contribution < 1.29 is 0 Å². The van der Waals surface area contributed by atoms with Crippen LogP contribution in [0.5, 0.6) is 0 Å². The smallest absolute Gasteiger partial charge is 0.272 e. The van der Waals surface area contributed by atoms with Gasteiger partial charge in [0.1, 0.15) is 5.02 Å². The molecule has 66 valence electrons. The second-order valence-electron chi connectivity index (χ2n) is 3.01. The summed E-state index contributed by atoms with van der Waals surface area (Å²) >= 11 is 5.80. The van der Waals surface area contributed by atoms with Crippen molar-refractivity contribution in [3.05, 3.63) is 27.4 Å². The molecule has 0 amide bonds. The van der Waals surface area contributed by atoms with Crippen molar-refractivity contribution in [2.24, 2.45) is 7.05 Å². The summed E-state index contributed by atoms with van der Waals surface area (Å²) in [5, 5.41) is 0.231. The van der Waals surface area contributed by atoms with Crippen molar-refractivity contribution in [2.75, 3.05) is 0 Å². The molecule has 1 aromatic heterocycles.